The van der Waals surface area contributed by atoms with Crippen LogP contribution in [0.4, 0.5) is 8.78 Å². The molecule has 0 spiro atoms. The van der Waals surface area contributed by atoms with Gasteiger partial charge >= 0.3 is 0 Å². The molecule has 0 bridgehead atoms. The molecule has 0 amide bonds. The molecule has 0 fully saturated rings. The van der Waals surface area contributed by atoms with Gasteiger partial charge in [-0.05, 0) is 41.1 Å². The summed E-state index contributed by atoms with van der Waals surface area (Å²) in [6.07, 6.45) is -2.49. The number of rotatable bonds is 1. The zero-order chi connectivity index (χ0) is 9.30. The van der Waals surface area contributed by atoms with Crippen LogP contribution in [0.3, 0.4) is 0 Å². The molecule has 0 atom stereocenters. The predicted octanol–water partition coefficient (Wildman–Crippen LogP) is 4.19. The van der Waals surface area contributed by atoms with Crippen molar-refractivity contribution >= 4 is 34.2 Å². The molecule has 0 N–H and O–H groups in total. The summed E-state index contributed by atoms with van der Waals surface area (Å²) in [4.78, 5) is 0. The van der Waals surface area contributed by atoms with Gasteiger partial charge in [-0.1, -0.05) is 17.7 Å². The molecule has 0 aliphatic carbocycles. The first-order valence-electron chi connectivity index (χ1n) is 3.26. The lowest BCUT2D eigenvalue weighted by Crippen LogP contribution is -1.92. The van der Waals surface area contributed by atoms with Crippen LogP contribution in [0.15, 0.2) is 12.1 Å². The minimum absolute atomic E-state index is 0.0523. The van der Waals surface area contributed by atoms with E-state index in [0.717, 1.165) is 0 Å². The van der Waals surface area contributed by atoms with Gasteiger partial charge in [-0.15, -0.1) is 0 Å². The van der Waals surface area contributed by atoms with Gasteiger partial charge < -0.3 is 0 Å². The molecule has 0 unspecified atom stereocenters. The Morgan fingerprint density at radius 3 is 2.42 bits per heavy atom. The summed E-state index contributed by atoms with van der Waals surface area (Å²) in [5, 5.41) is 0.172. The van der Waals surface area contributed by atoms with Crippen LogP contribution in [0.25, 0.3) is 0 Å². The first kappa shape index (κ1) is 10.2. The Hall–Kier alpha value is 0.1000. The number of alkyl halides is 2. The molecule has 1 aromatic carbocycles. The topological polar surface area (TPSA) is 0 Å². The van der Waals surface area contributed by atoms with Crippen LogP contribution < -0.4 is 0 Å². The summed E-state index contributed by atoms with van der Waals surface area (Å²) in [7, 11) is 0. The fourth-order valence-electron chi connectivity index (χ4n) is 0.931. The summed E-state index contributed by atoms with van der Waals surface area (Å²) in [5.41, 5.74) is 0.485. The summed E-state index contributed by atoms with van der Waals surface area (Å²) in [5.74, 6) is 0. The zero-order valence-electron chi connectivity index (χ0n) is 6.24. The molecule has 0 saturated carbocycles. The van der Waals surface area contributed by atoms with Crippen molar-refractivity contribution in [2.45, 2.75) is 13.3 Å². The molecule has 12 heavy (non-hydrogen) atoms. The fraction of sp³-hybridized carbons (Fsp3) is 0.250. The number of hydrogen-bond acceptors (Lipinski definition) is 0. The number of hydrogen-bond donors (Lipinski definition) is 0. The van der Waals surface area contributed by atoms with E-state index in [-0.39, 0.29) is 10.6 Å². The number of halogens is 4. The van der Waals surface area contributed by atoms with E-state index in [1.807, 2.05) is 22.6 Å². The summed E-state index contributed by atoms with van der Waals surface area (Å²) >= 11 is 7.64. The van der Waals surface area contributed by atoms with Crippen LogP contribution in [0, 0.1) is 10.5 Å². The van der Waals surface area contributed by atoms with Crippen LogP contribution in [-0.2, 0) is 0 Å². The SMILES string of the molecule is Cc1ccc(I)c(Cl)c1C(F)F. The van der Waals surface area contributed by atoms with Crippen LogP contribution in [0.1, 0.15) is 17.6 Å². The van der Waals surface area contributed by atoms with Crippen LogP contribution >= 0.6 is 34.2 Å². The average Bonchev–Trinajstić information content (AvgIpc) is 1.97. The molecule has 0 nitrogen and oxygen atoms in total. The molecule has 0 aromatic heterocycles. The van der Waals surface area contributed by atoms with Crippen molar-refractivity contribution in [3.63, 3.8) is 0 Å². The second kappa shape index (κ2) is 3.87. The molecule has 1 rings (SSSR count). The molecule has 4 heteroatoms. The Balaban J connectivity index is 3.33. The van der Waals surface area contributed by atoms with Crippen molar-refractivity contribution in [2.75, 3.05) is 0 Å². The van der Waals surface area contributed by atoms with Crippen LogP contribution in [-0.4, -0.2) is 0 Å². The van der Waals surface area contributed by atoms with E-state index >= 15 is 0 Å². The molecule has 0 heterocycles. The summed E-state index contributed by atoms with van der Waals surface area (Å²) in [6, 6.07) is 3.37. The predicted molar refractivity (Wildman–Crippen MR) is 53.9 cm³/mol. The van der Waals surface area contributed by atoms with Crippen LogP contribution in [0.2, 0.25) is 5.02 Å². The maximum atomic E-state index is 12.4. The van der Waals surface area contributed by atoms with Crippen molar-refractivity contribution < 1.29 is 8.78 Å². The molecule has 0 saturated heterocycles. The molecule has 0 aliphatic heterocycles. The highest BCUT2D eigenvalue weighted by Gasteiger charge is 2.16. The first-order chi connectivity index (χ1) is 5.54. The lowest BCUT2D eigenvalue weighted by Gasteiger charge is -2.07. The van der Waals surface area contributed by atoms with Crippen LogP contribution in [0.5, 0.6) is 0 Å². The van der Waals surface area contributed by atoms with Gasteiger partial charge in [0.1, 0.15) is 0 Å². The quantitative estimate of drug-likeness (QED) is 0.682. The van der Waals surface area contributed by atoms with E-state index in [1.54, 1.807) is 19.1 Å². The second-order valence-electron chi connectivity index (χ2n) is 2.39. The van der Waals surface area contributed by atoms with E-state index in [2.05, 4.69) is 0 Å². The van der Waals surface area contributed by atoms with Gasteiger partial charge in [0.05, 0.1) is 5.02 Å². The third-order valence-corrected chi connectivity index (χ3v) is 3.19. The molecule has 0 aliphatic rings. The maximum Gasteiger partial charge on any atom is 0.265 e. The van der Waals surface area contributed by atoms with E-state index < -0.39 is 6.43 Å². The summed E-state index contributed by atoms with van der Waals surface area (Å²) in [6.45, 7) is 1.63. The first-order valence-corrected chi connectivity index (χ1v) is 4.72. The van der Waals surface area contributed by atoms with E-state index in [1.165, 1.54) is 0 Å². The third-order valence-electron chi connectivity index (χ3n) is 1.57. The highest BCUT2D eigenvalue weighted by atomic mass is 127. The monoisotopic (exact) mass is 302 g/mol. The Kier molecular flexibility index (Phi) is 3.29. The molecular weight excluding hydrogens is 296 g/mol. The highest BCUT2D eigenvalue weighted by molar-refractivity contribution is 14.1. The second-order valence-corrected chi connectivity index (χ2v) is 3.93. The van der Waals surface area contributed by atoms with Crippen molar-refractivity contribution in [3.05, 3.63) is 31.9 Å². The molecule has 0 radical (unpaired) electrons. The lowest BCUT2D eigenvalue weighted by molar-refractivity contribution is 0.150. The maximum absolute atomic E-state index is 12.4. The van der Waals surface area contributed by atoms with Crippen molar-refractivity contribution in [1.29, 1.82) is 0 Å². The van der Waals surface area contributed by atoms with Gasteiger partial charge in [-0.3, -0.25) is 0 Å². The fourth-order valence-corrected chi connectivity index (χ4v) is 1.70. The zero-order valence-corrected chi connectivity index (χ0v) is 9.16. The normalized spacial score (nSPS) is 10.8. The Labute approximate surface area is 88.1 Å². The Morgan fingerprint density at radius 2 is 2.00 bits per heavy atom. The van der Waals surface area contributed by atoms with Crippen molar-refractivity contribution in [3.8, 4) is 0 Å². The van der Waals surface area contributed by atoms with Gasteiger partial charge in [0, 0.05) is 9.13 Å². The molecular formula is C8H6ClF2I. The summed E-state index contributed by atoms with van der Waals surface area (Å²) < 4.78 is 25.4. The Bertz CT molecular complexity index is 299. The standard InChI is InChI=1S/C8H6ClF2I/c1-4-2-3-5(12)7(9)6(4)8(10)11/h2-3,8H,1H3. The largest absolute Gasteiger partial charge is 0.265 e. The van der Waals surface area contributed by atoms with Crippen molar-refractivity contribution in [2.24, 2.45) is 0 Å². The van der Waals surface area contributed by atoms with Gasteiger partial charge in [-0.25, -0.2) is 8.78 Å². The highest BCUT2D eigenvalue weighted by Crippen LogP contribution is 2.33. The molecule has 66 valence electrons. The average molecular weight is 302 g/mol. The van der Waals surface area contributed by atoms with E-state index in [9.17, 15) is 8.78 Å². The van der Waals surface area contributed by atoms with Gasteiger partial charge in [0.25, 0.3) is 6.43 Å². The van der Waals surface area contributed by atoms with Gasteiger partial charge in [0.2, 0.25) is 0 Å². The van der Waals surface area contributed by atoms with E-state index in [4.69, 9.17) is 11.6 Å². The lowest BCUT2D eigenvalue weighted by atomic mass is 10.1. The van der Waals surface area contributed by atoms with Crippen molar-refractivity contribution in [1.82, 2.24) is 0 Å². The van der Waals surface area contributed by atoms with Gasteiger partial charge in [-0.2, -0.15) is 0 Å². The van der Waals surface area contributed by atoms with Gasteiger partial charge in [0.15, 0.2) is 0 Å². The minimum atomic E-state index is -2.49. The van der Waals surface area contributed by atoms with E-state index in [0.29, 0.717) is 9.13 Å². The smallest absolute Gasteiger partial charge is 0.205 e. The molecule has 1 aromatic rings. The number of aryl methyl sites for hydroxylation is 1. The minimum Gasteiger partial charge on any atom is -0.205 e. The third kappa shape index (κ3) is 1.88. The number of benzene rings is 1. The Morgan fingerprint density at radius 1 is 1.42 bits per heavy atom.